The van der Waals surface area contributed by atoms with E-state index in [1.807, 2.05) is 40.0 Å². The molecular formula is C37H59N7O7S. The van der Waals surface area contributed by atoms with Crippen molar-refractivity contribution in [1.29, 1.82) is 0 Å². The monoisotopic (exact) mass is 745 g/mol. The summed E-state index contributed by atoms with van der Waals surface area (Å²) in [5.74, 6) is -3.16. The molecule has 0 saturated heterocycles. The molecule has 0 aliphatic rings. The highest BCUT2D eigenvalue weighted by molar-refractivity contribution is 7.09. The number of carbonyl (C=O) groups is 5. The van der Waals surface area contributed by atoms with Crippen LogP contribution in [0.3, 0.4) is 0 Å². The van der Waals surface area contributed by atoms with Gasteiger partial charge in [-0.05, 0) is 70.1 Å². The van der Waals surface area contributed by atoms with Gasteiger partial charge in [0.2, 0.25) is 23.6 Å². The van der Waals surface area contributed by atoms with Gasteiger partial charge in [0, 0.05) is 48.3 Å². The van der Waals surface area contributed by atoms with Gasteiger partial charge >= 0.3 is 6.09 Å². The zero-order chi connectivity index (χ0) is 39.2. The zero-order valence-corrected chi connectivity index (χ0v) is 33.1. The fraction of sp³-hybridized carbons (Fsp3) is 0.649. The van der Waals surface area contributed by atoms with Gasteiger partial charge in [-0.15, -0.1) is 11.3 Å². The predicted octanol–water partition coefficient (Wildman–Crippen LogP) is 3.41. The largest absolute Gasteiger partial charge is 0.444 e. The molecule has 2 aromatic heterocycles. The summed E-state index contributed by atoms with van der Waals surface area (Å²) < 4.78 is 5.32. The van der Waals surface area contributed by atoms with Gasteiger partial charge in [0.05, 0.1) is 23.7 Å². The molecule has 5 amide bonds. The van der Waals surface area contributed by atoms with Gasteiger partial charge in [-0.3, -0.25) is 24.2 Å². The van der Waals surface area contributed by atoms with Crippen LogP contribution in [0.4, 0.5) is 4.79 Å². The van der Waals surface area contributed by atoms with Gasteiger partial charge in [0.1, 0.15) is 17.7 Å². The van der Waals surface area contributed by atoms with Gasteiger partial charge in [-0.1, -0.05) is 41.5 Å². The van der Waals surface area contributed by atoms with Crippen molar-refractivity contribution in [3.63, 3.8) is 0 Å². The van der Waals surface area contributed by atoms with Crippen molar-refractivity contribution in [2.24, 2.45) is 23.7 Å². The lowest BCUT2D eigenvalue weighted by Crippen LogP contribution is -2.57. The Morgan fingerprint density at radius 2 is 1.48 bits per heavy atom. The van der Waals surface area contributed by atoms with Crippen LogP contribution in [0, 0.1) is 30.6 Å². The van der Waals surface area contributed by atoms with Gasteiger partial charge in [-0.2, -0.15) is 0 Å². The number of nitrogens with one attached hydrogen (secondary N) is 5. The molecule has 0 fully saturated rings. The van der Waals surface area contributed by atoms with Gasteiger partial charge in [0.15, 0.2) is 0 Å². The average molecular weight is 746 g/mol. The van der Waals surface area contributed by atoms with Crippen molar-refractivity contribution in [3.8, 4) is 0 Å². The van der Waals surface area contributed by atoms with E-state index in [2.05, 4.69) is 36.6 Å². The molecule has 6 unspecified atom stereocenters. The molecule has 6 N–H and O–H groups in total. The van der Waals surface area contributed by atoms with Crippen molar-refractivity contribution < 1.29 is 33.8 Å². The Bertz CT molecular complexity index is 1460. The molecule has 290 valence electrons. The predicted molar refractivity (Wildman–Crippen MR) is 200 cm³/mol. The highest BCUT2D eigenvalue weighted by Crippen LogP contribution is 2.18. The number of aryl methyl sites for hydroxylation is 1. The highest BCUT2D eigenvalue weighted by atomic mass is 32.1. The van der Waals surface area contributed by atoms with Crippen LogP contribution in [0.25, 0.3) is 0 Å². The standard InChI is InChI=1S/C37H59N7O7S/c1-21(2)15-27(29(45)16-23(5)33(47)44-31(22(3)4)35(49)39-18-26-11-13-38-14-12-26)42-34(48)28(19-40-36(50)51-37(8,9)10)43-32(46)24(6)17-30-41-25(7)20-52-30/h11-14,20-24,27-29,31,45H,15-19H2,1-10H3,(H,39,49)(H,40,50)(H,42,48)(H,43,46)(H,44,47). The van der Waals surface area contributed by atoms with Crippen molar-refractivity contribution in [2.75, 3.05) is 6.54 Å². The Morgan fingerprint density at radius 1 is 0.846 bits per heavy atom. The summed E-state index contributed by atoms with van der Waals surface area (Å²) >= 11 is 1.45. The fourth-order valence-corrected chi connectivity index (χ4v) is 6.14. The maximum Gasteiger partial charge on any atom is 0.407 e. The summed E-state index contributed by atoms with van der Waals surface area (Å²) in [6, 6.07) is 0.796. The number of pyridine rings is 1. The minimum absolute atomic E-state index is 0.00953. The second-order valence-corrected chi connectivity index (χ2v) is 16.1. The first-order valence-corrected chi connectivity index (χ1v) is 18.8. The minimum atomic E-state index is -1.19. The first kappa shape index (κ1) is 44.1. The molecule has 2 heterocycles. The lowest BCUT2D eigenvalue weighted by Gasteiger charge is -2.30. The number of alkyl carbamates (subject to hydrolysis) is 1. The number of ether oxygens (including phenoxy) is 1. The van der Waals surface area contributed by atoms with Gasteiger partial charge in [0.25, 0.3) is 0 Å². The third kappa shape index (κ3) is 16.1. The van der Waals surface area contributed by atoms with Crippen molar-refractivity contribution in [1.82, 2.24) is 36.6 Å². The number of nitrogens with zero attached hydrogens (tertiary/aromatic N) is 2. The van der Waals surface area contributed by atoms with E-state index in [0.717, 1.165) is 16.3 Å². The second-order valence-electron chi connectivity index (χ2n) is 15.2. The SMILES string of the molecule is Cc1csc(CC(C)C(=O)NC(CNC(=O)OC(C)(C)C)C(=O)NC(CC(C)C)C(O)CC(C)C(=O)NC(C(=O)NCc2ccncc2)C(C)C)n1. The van der Waals surface area contributed by atoms with Crippen LogP contribution < -0.4 is 26.6 Å². The van der Waals surface area contributed by atoms with Crippen LogP contribution in [0.1, 0.15) is 91.4 Å². The van der Waals surface area contributed by atoms with Crippen LogP contribution in [0.5, 0.6) is 0 Å². The summed E-state index contributed by atoms with van der Waals surface area (Å²) in [6.45, 7) is 17.9. The molecule has 6 atom stereocenters. The summed E-state index contributed by atoms with van der Waals surface area (Å²) in [6.07, 6.45) is 2.10. The number of aromatic nitrogens is 2. The van der Waals surface area contributed by atoms with E-state index in [0.29, 0.717) is 12.8 Å². The molecule has 0 aliphatic heterocycles. The number of rotatable bonds is 19. The number of carbonyl (C=O) groups excluding carboxylic acids is 5. The average Bonchev–Trinajstić information content (AvgIpc) is 3.46. The Morgan fingerprint density at radius 3 is 2.04 bits per heavy atom. The lowest BCUT2D eigenvalue weighted by atomic mass is 9.91. The third-order valence-electron chi connectivity index (χ3n) is 8.10. The fourth-order valence-electron chi connectivity index (χ4n) is 5.24. The summed E-state index contributed by atoms with van der Waals surface area (Å²) in [5.41, 5.74) is 0.949. The molecule has 52 heavy (non-hydrogen) atoms. The summed E-state index contributed by atoms with van der Waals surface area (Å²) in [4.78, 5) is 74.3. The van der Waals surface area contributed by atoms with E-state index >= 15 is 0 Å². The molecule has 0 aliphatic carbocycles. The number of thiazole rings is 1. The van der Waals surface area contributed by atoms with Crippen molar-refractivity contribution in [3.05, 3.63) is 46.2 Å². The van der Waals surface area contributed by atoms with Gasteiger partial charge < -0.3 is 36.4 Å². The molecule has 0 aromatic carbocycles. The Kier molecular flexibility index (Phi) is 17.6. The Hall–Kier alpha value is -4.11. The summed E-state index contributed by atoms with van der Waals surface area (Å²) in [7, 11) is 0. The van der Waals surface area contributed by atoms with Crippen molar-refractivity contribution in [2.45, 2.75) is 125 Å². The Balaban J connectivity index is 2.14. The molecule has 2 rings (SSSR count). The minimum Gasteiger partial charge on any atom is -0.444 e. The molecule has 14 nitrogen and oxygen atoms in total. The third-order valence-corrected chi connectivity index (χ3v) is 9.09. The molecule has 0 spiro atoms. The Labute approximate surface area is 312 Å². The van der Waals surface area contributed by atoms with E-state index in [1.165, 1.54) is 11.3 Å². The molecule has 15 heteroatoms. The highest BCUT2D eigenvalue weighted by Gasteiger charge is 2.32. The first-order valence-electron chi connectivity index (χ1n) is 17.9. The number of amides is 5. The molecule has 0 bridgehead atoms. The topological polar surface area (TPSA) is 201 Å². The molecule has 2 aromatic rings. The van der Waals surface area contributed by atoms with Crippen LogP contribution in [0.15, 0.2) is 29.9 Å². The summed E-state index contributed by atoms with van der Waals surface area (Å²) in [5, 5.41) is 27.9. The van der Waals surface area contributed by atoms with E-state index < -0.39 is 65.5 Å². The molecular weight excluding hydrogens is 687 g/mol. The second kappa shape index (κ2) is 20.8. The van der Waals surface area contributed by atoms with Crippen LogP contribution in [-0.2, 0) is 36.9 Å². The van der Waals surface area contributed by atoms with E-state index in [4.69, 9.17) is 4.74 Å². The maximum atomic E-state index is 13.8. The van der Waals surface area contributed by atoms with Crippen LogP contribution >= 0.6 is 11.3 Å². The number of aliphatic hydroxyl groups excluding tert-OH is 1. The van der Waals surface area contributed by atoms with Gasteiger partial charge in [-0.25, -0.2) is 9.78 Å². The lowest BCUT2D eigenvalue weighted by molar-refractivity contribution is -0.133. The van der Waals surface area contributed by atoms with Crippen LogP contribution in [-0.4, -0.2) is 81.2 Å². The smallest absolute Gasteiger partial charge is 0.407 e. The quantitative estimate of drug-likeness (QED) is 0.125. The normalized spacial score (nSPS) is 15.1. The zero-order valence-electron chi connectivity index (χ0n) is 32.2. The van der Waals surface area contributed by atoms with Crippen LogP contribution in [0.2, 0.25) is 0 Å². The first-order chi connectivity index (χ1) is 24.2. The van der Waals surface area contributed by atoms with E-state index in [-0.39, 0.29) is 37.3 Å². The van der Waals surface area contributed by atoms with E-state index in [9.17, 15) is 29.1 Å². The maximum absolute atomic E-state index is 13.8. The molecule has 0 saturated carbocycles. The van der Waals surface area contributed by atoms with E-state index in [1.54, 1.807) is 59.1 Å². The number of aliphatic hydroxyl groups is 1. The molecule has 0 radical (unpaired) electrons. The van der Waals surface area contributed by atoms with Crippen molar-refractivity contribution >= 4 is 41.1 Å². The number of hydrogen-bond donors (Lipinski definition) is 6. The number of hydrogen-bond acceptors (Lipinski definition) is 10.